The monoisotopic (exact) mass is 415 g/mol. The summed E-state index contributed by atoms with van der Waals surface area (Å²) >= 11 is 5.96. The molecule has 0 bridgehead atoms. The molecule has 0 aliphatic carbocycles. The molecule has 1 aliphatic heterocycles. The van der Waals surface area contributed by atoms with Gasteiger partial charge in [0.25, 0.3) is 11.6 Å². The normalized spacial score (nSPS) is 14.2. The quantitative estimate of drug-likeness (QED) is 0.507. The van der Waals surface area contributed by atoms with Gasteiger partial charge in [-0.2, -0.15) is 0 Å². The van der Waals surface area contributed by atoms with Crippen LogP contribution in [0.5, 0.6) is 0 Å². The number of morpholine rings is 1. The number of fused-ring (bicyclic) bond motifs is 1. The van der Waals surface area contributed by atoms with Crippen LogP contribution in [0, 0.1) is 10.1 Å². The third-order valence-electron chi connectivity index (χ3n) is 4.68. The van der Waals surface area contributed by atoms with E-state index in [2.05, 4.69) is 10.3 Å². The van der Waals surface area contributed by atoms with Gasteiger partial charge in [-0.15, -0.1) is 0 Å². The van der Waals surface area contributed by atoms with Gasteiger partial charge >= 0.3 is 0 Å². The second kappa shape index (κ2) is 8.06. The first-order valence-corrected chi connectivity index (χ1v) is 9.41. The molecule has 29 heavy (non-hydrogen) atoms. The molecular formula is C19H18ClN5O4. The largest absolute Gasteiger partial charge is 0.378 e. The van der Waals surface area contributed by atoms with Crippen LogP contribution in [-0.4, -0.2) is 46.5 Å². The minimum Gasteiger partial charge on any atom is -0.378 e. The number of nitrogens with one attached hydrogen (secondary N) is 1. The molecule has 2 aromatic heterocycles. The number of rotatable bonds is 5. The lowest BCUT2D eigenvalue weighted by Gasteiger charge is -2.28. The van der Waals surface area contributed by atoms with E-state index in [1.807, 2.05) is 4.90 Å². The Hall–Kier alpha value is -3.17. The van der Waals surface area contributed by atoms with Crippen molar-refractivity contribution in [3.63, 3.8) is 0 Å². The summed E-state index contributed by atoms with van der Waals surface area (Å²) < 4.78 is 7.06. The van der Waals surface area contributed by atoms with Crippen molar-refractivity contribution < 1.29 is 14.5 Å². The Balaban J connectivity index is 1.50. The molecule has 0 atom stereocenters. The van der Waals surface area contributed by atoms with Crippen LogP contribution in [0.15, 0.2) is 42.7 Å². The van der Waals surface area contributed by atoms with E-state index in [-0.39, 0.29) is 17.8 Å². The molecule has 1 saturated heterocycles. The van der Waals surface area contributed by atoms with Crippen molar-refractivity contribution in [3.8, 4) is 0 Å². The van der Waals surface area contributed by atoms with E-state index in [1.54, 1.807) is 41.1 Å². The third kappa shape index (κ3) is 4.15. The summed E-state index contributed by atoms with van der Waals surface area (Å²) in [6, 6.07) is 8.04. The van der Waals surface area contributed by atoms with E-state index in [1.165, 1.54) is 6.07 Å². The molecular weight excluding hydrogens is 398 g/mol. The molecule has 0 spiro atoms. The number of amides is 1. The number of hydrogen-bond donors (Lipinski definition) is 1. The van der Waals surface area contributed by atoms with E-state index >= 15 is 0 Å². The first-order valence-electron chi connectivity index (χ1n) is 9.04. The number of carbonyl (C=O) groups is 1. The molecule has 1 N–H and O–H groups in total. The molecule has 9 nitrogen and oxygen atoms in total. The summed E-state index contributed by atoms with van der Waals surface area (Å²) in [5.41, 5.74) is 1.98. The third-order valence-corrected chi connectivity index (χ3v) is 4.90. The average Bonchev–Trinajstić information content (AvgIpc) is 3.14. The Labute approximate surface area is 171 Å². The fraction of sp³-hybridized carbons (Fsp3) is 0.263. The predicted octanol–water partition coefficient (Wildman–Crippen LogP) is 2.66. The lowest BCUT2D eigenvalue weighted by atomic mass is 10.1. The highest BCUT2D eigenvalue weighted by Gasteiger charge is 2.23. The summed E-state index contributed by atoms with van der Waals surface area (Å²) in [5, 5.41) is 14.9. The number of anilines is 1. The Morgan fingerprint density at radius 3 is 2.79 bits per heavy atom. The number of aromatic nitrogens is 2. The minimum absolute atomic E-state index is 0.0954. The summed E-state index contributed by atoms with van der Waals surface area (Å²) in [5.74, 6) is -0.406. The second-order valence-electron chi connectivity index (χ2n) is 6.59. The van der Waals surface area contributed by atoms with Gasteiger partial charge in [-0.3, -0.25) is 14.9 Å². The zero-order chi connectivity index (χ0) is 20.4. The van der Waals surface area contributed by atoms with Gasteiger partial charge in [0.2, 0.25) is 0 Å². The predicted molar refractivity (Wildman–Crippen MR) is 108 cm³/mol. The Morgan fingerprint density at radius 1 is 1.24 bits per heavy atom. The van der Waals surface area contributed by atoms with Crippen molar-refractivity contribution in [3.05, 3.63) is 69.1 Å². The molecule has 10 heteroatoms. The van der Waals surface area contributed by atoms with E-state index in [9.17, 15) is 14.9 Å². The van der Waals surface area contributed by atoms with E-state index in [0.717, 1.165) is 0 Å². The number of benzene rings is 1. The fourth-order valence-electron chi connectivity index (χ4n) is 3.26. The molecule has 0 unspecified atom stereocenters. The van der Waals surface area contributed by atoms with Crippen LogP contribution < -0.4 is 10.2 Å². The molecule has 150 valence electrons. The van der Waals surface area contributed by atoms with Gasteiger partial charge in [0, 0.05) is 37.1 Å². The van der Waals surface area contributed by atoms with Crippen molar-refractivity contribution in [2.45, 2.75) is 6.54 Å². The lowest BCUT2D eigenvalue weighted by molar-refractivity contribution is -0.384. The van der Waals surface area contributed by atoms with Crippen molar-refractivity contribution in [1.29, 1.82) is 0 Å². The van der Waals surface area contributed by atoms with Crippen molar-refractivity contribution >= 4 is 34.5 Å². The molecule has 3 aromatic rings. The van der Waals surface area contributed by atoms with Gasteiger partial charge in [0.05, 0.1) is 35.4 Å². The van der Waals surface area contributed by atoms with Crippen molar-refractivity contribution in [2.75, 3.05) is 31.2 Å². The van der Waals surface area contributed by atoms with Crippen LogP contribution in [0.1, 0.15) is 16.1 Å². The number of halogens is 1. The standard InChI is InChI=1S/C19H18ClN5O4/c20-14-2-4-18-22-15(12-24(18)11-14)10-21-19(26)13-1-3-16(17(9-13)25(27)28)23-5-7-29-8-6-23/h1-4,9,11-12H,5-8,10H2,(H,21,26). The average molecular weight is 416 g/mol. The number of hydrogen-bond acceptors (Lipinski definition) is 6. The smallest absolute Gasteiger partial charge is 0.293 e. The number of nitro groups is 1. The number of nitrogens with zero attached hydrogens (tertiary/aromatic N) is 4. The maximum atomic E-state index is 12.5. The van der Waals surface area contributed by atoms with Gasteiger partial charge in [-0.25, -0.2) is 4.98 Å². The summed E-state index contributed by atoms with van der Waals surface area (Å²) in [6.07, 6.45) is 3.49. The number of ether oxygens (including phenoxy) is 1. The number of carbonyl (C=O) groups excluding carboxylic acids is 1. The van der Waals surface area contributed by atoms with Crippen LogP contribution in [0.4, 0.5) is 11.4 Å². The lowest BCUT2D eigenvalue weighted by Crippen LogP contribution is -2.36. The van der Waals surface area contributed by atoms with Crippen LogP contribution in [0.2, 0.25) is 5.02 Å². The Morgan fingerprint density at radius 2 is 2.03 bits per heavy atom. The van der Waals surface area contributed by atoms with Gasteiger partial charge in [0.1, 0.15) is 11.3 Å². The van der Waals surface area contributed by atoms with Crippen LogP contribution in [0.25, 0.3) is 5.65 Å². The molecule has 1 aliphatic rings. The molecule has 0 saturated carbocycles. The zero-order valence-corrected chi connectivity index (χ0v) is 16.1. The highest BCUT2D eigenvalue weighted by molar-refractivity contribution is 6.30. The van der Waals surface area contributed by atoms with E-state index in [0.29, 0.717) is 48.4 Å². The molecule has 3 heterocycles. The van der Waals surface area contributed by atoms with Crippen molar-refractivity contribution in [2.24, 2.45) is 0 Å². The Kier molecular flexibility index (Phi) is 5.32. The second-order valence-corrected chi connectivity index (χ2v) is 7.02. The van der Waals surface area contributed by atoms with Gasteiger partial charge in [-0.05, 0) is 24.3 Å². The number of nitro benzene ring substituents is 1. The Bertz CT molecular complexity index is 1080. The topological polar surface area (TPSA) is 102 Å². The van der Waals surface area contributed by atoms with Crippen LogP contribution in [0.3, 0.4) is 0 Å². The molecule has 4 rings (SSSR count). The van der Waals surface area contributed by atoms with Gasteiger partial charge in [-0.1, -0.05) is 11.6 Å². The van der Waals surface area contributed by atoms with Crippen molar-refractivity contribution in [1.82, 2.24) is 14.7 Å². The zero-order valence-electron chi connectivity index (χ0n) is 15.4. The van der Waals surface area contributed by atoms with E-state index < -0.39 is 10.8 Å². The molecule has 1 amide bonds. The summed E-state index contributed by atoms with van der Waals surface area (Å²) in [6.45, 7) is 2.37. The maximum Gasteiger partial charge on any atom is 0.293 e. The summed E-state index contributed by atoms with van der Waals surface area (Å²) in [4.78, 5) is 29.9. The number of imidazole rings is 1. The summed E-state index contributed by atoms with van der Waals surface area (Å²) in [7, 11) is 0. The highest BCUT2D eigenvalue weighted by Crippen LogP contribution is 2.30. The molecule has 0 radical (unpaired) electrons. The fourth-order valence-corrected chi connectivity index (χ4v) is 3.43. The molecule has 1 fully saturated rings. The van der Waals surface area contributed by atoms with Gasteiger partial charge in [0.15, 0.2) is 0 Å². The first-order chi connectivity index (χ1) is 14.0. The minimum atomic E-state index is -0.465. The van der Waals surface area contributed by atoms with Crippen LogP contribution in [-0.2, 0) is 11.3 Å². The van der Waals surface area contributed by atoms with Crippen LogP contribution >= 0.6 is 11.6 Å². The highest BCUT2D eigenvalue weighted by atomic mass is 35.5. The van der Waals surface area contributed by atoms with Gasteiger partial charge < -0.3 is 19.4 Å². The number of pyridine rings is 1. The maximum absolute atomic E-state index is 12.5. The van der Waals surface area contributed by atoms with E-state index in [4.69, 9.17) is 16.3 Å². The SMILES string of the molecule is O=C(NCc1cn2cc(Cl)ccc2n1)c1ccc(N2CCOCC2)c([N+](=O)[O-])c1. The molecule has 1 aromatic carbocycles. The first kappa shape index (κ1) is 19.2.